The standard InChI is InChI=1S/C14H18N2OS/c1-10(2)11(3)15-14(17)13-12(6-9-18-13)16-7-4-5-8-16/h4-11H,1-3H3,(H,15,17). The monoisotopic (exact) mass is 262 g/mol. The van der Waals surface area contributed by atoms with Crippen LogP contribution in [0, 0.1) is 5.92 Å². The van der Waals surface area contributed by atoms with Crippen LogP contribution in [-0.2, 0) is 0 Å². The molecule has 2 aromatic rings. The third kappa shape index (κ3) is 2.64. The molecule has 0 spiro atoms. The Balaban J connectivity index is 2.19. The van der Waals surface area contributed by atoms with Crippen LogP contribution in [0.2, 0.25) is 0 Å². The average molecular weight is 262 g/mol. The number of amides is 1. The molecular formula is C14H18N2OS. The van der Waals surface area contributed by atoms with Crippen LogP contribution in [0.1, 0.15) is 30.4 Å². The van der Waals surface area contributed by atoms with Gasteiger partial charge in [0, 0.05) is 18.4 Å². The summed E-state index contributed by atoms with van der Waals surface area (Å²) in [7, 11) is 0. The SMILES string of the molecule is CC(C)C(C)NC(=O)c1sccc1-n1cccc1. The minimum Gasteiger partial charge on any atom is -0.349 e. The zero-order valence-corrected chi connectivity index (χ0v) is 11.7. The number of hydrogen-bond donors (Lipinski definition) is 1. The van der Waals surface area contributed by atoms with E-state index < -0.39 is 0 Å². The van der Waals surface area contributed by atoms with Crippen LogP contribution in [0.3, 0.4) is 0 Å². The predicted molar refractivity (Wildman–Crippen MR) is 75.4 cm³/mol. The van der Waals surface area contributed by atoms with Crippen molar-refractivity contribution in [2.24, 2.45) is 5.92 Å². The highest BCUT2D eigenvalue weighted by atomic mass is 32.1. The normalized spacial score (nSPS) is 12.7. The first-order valence-electron chi connectivity index (χ1n) is 6.11. The van der Waals surface area contributed by atoms with E-state index in [1.807, 2.05) is 47.5 Å². The molecule has 1 unspecified atom stereocenters. The van der Waals surface area contributed by atoms with Crippen molar-refractivity contribution in [3.63, 3.8) is 0 Å². The lowest BCUT2D eigenvalue weighted by atomic mass is 10.1. The van der Waals surface area contributed by atoms with Crippen molar-refractivity contribution in [3.8, 4) is 5.69 Å². The molecule has 0 aliphatic carbocycles. The fourth-order valence-electron chi connectivity index (χ4n) is 1.61. The zero-order valence-electron chi connectivity index (χ0n) is 10.9. The van der Waals surface area contributed by atoms with E-state index in [-0.39, 0.29) is 11.9 Å². The van der Waals surface area contributed by atoms with Crippen LogP contribution in [0.4, 0.5) is 0 Å². The first-order chi connectivity index (χ1) is 8.59. The molecule has 96 valence electrons. The summed E-state index contributed by atoms with van der Waals surface area (Å²) in [4.78, 5) is 13.0. The molecular weight excluding hydrogens is 244 g/mol. The Kier molecular flexibility index (Phi) is 3.87. The largest absolute Gasteiger partial charge is 0.349 e. The molecule has 0 bridgehead atoms. The van der Waals surface area contributed by atoms with Crippen molar-refractivity contribution in [2.45, 2.75) is 26.8 Å². The van der Waals surface area contributed by atoms with Gasteiger partial charge in [-0.15, -0.1) is 11.3 Å². The molecule has 3 nitrogen and oxygen atoms in total. The number of carbonyl (C=O) groups is 1. The van der Waals surface area contributed by atoms with Crippen molar-refractivity contribution in [3.05, 3.63) is 40.8 Å². The summed E-state index contributed by atoms with van der Waals surface area (Å²) in [6.07, 6.45) is 3.90. The number of nitrogens with zero attached hydrogens (tertiary/aromatic N) is 1. The molecule has 4 heteroatoms. The van der Waals surface area contributed by atoms with E-state index in [0.29, 0.717) is 5.92 Å². The Morgan fingerprint density at radius 2 is 1.94 bits per heavy atom. The van der Waals surface area contributed by atoms with Crippen molar-refractivity contribution in [2.75, 3.05) is 0 Å². The van der Waals surface area contributed by atoms with Crippen LogP contribution in [0.5, 0.6) is 0 Å². The summed E-state index contributed by atoms with van der Waals surface area (Å²) in [5.74, 6) is 0.443. The maximum atomic E-state index is 12.2. The molecule has 1 N–H and O–H groups in total. The fourth-order valence-corrected chi connectivity index (χ4v) is 2.40. The van der Waals surface area contributed by atoms with Crippen LogP contribution < -0.4 is 5.32 Å². The maximum Gasteiger partial charge on any atom is 0.263 e. The smallest absolute Gasteiger partial charge is 0.263 e. The van der Waals surface area contributed by atoms with Crippen LogP contribution in [-0.4, -0.2) is 16.5 Å². The van der Waals surface area contributed by atoms with Crippen molar-refractivity contribution in [1.29, 1.82) is 0 Å². The fraction of sp³-hybridized carbons (Fsp3) is 0.357. The minimum atomic E-state index is 0.00917. The van der Waals surface area contributed by atoms with Gasteiger partial charge in [0.2, 0.25) is 0 Å². The van der Waals surface area contributed by atoms with Gasteiger partial charge in [-0.05, 0) is 36.4 Å². The van der Waals surface area contributed by atoms with Crippen molar-refractivity contribution < 1.29 is 4.79 Å². The molecule has 18 heavy (non-hydrogen) atoms. The highest BCUT2D eigenvalue weighted by molar-refractivity contribution is 7.12. The predicted octanol–water partition coefficient (Wildman–Crippen LogP) is 3.31. The molecule has 1 atom stereocenters. The third-order valence-electron chi connectivity index (χ3n) is 3.09. The summed E-state index contributed by atoms with van der Waals surface area (Å²) in [5, 5.41) is 4.99. The van der Waals surface area contributed by atoms with Crippen LogP contribution >= 0.6 is 11.3 Å². The minimum absolute atomic E-state index is 0.00917. The Morgan fingerprint density at radius 3 is 2.56 bits per heavy atom. The molecule has 2 aromatic heterocycles. The summed E-state index contributed by atoms with van der Waals surface area (Å²) in [6, 6.07) is 6.06. The molecule has 0 saturated heterocycles. The molecule has 2 rings (SSSR count). The van der Waals surface area contributed by atoms with E-state index in [2.05, 4.69) is 19.2 Å². The second-order valence-corrected chi connectivity index (χ2v) is 5.65. The summed E-state index contributed by atoms with van der Waals surface area (Å²) in [6.45, 7) is 6.24. The van der Waals surface area contributed by atoms with E-state index in [1.54, 1.807) is 0 Å². The first kappa shape index (κ1) is 12.9. The zero-order chi connectivity index (χ0) is 13.1. The molecule has 0 aromatic carbocycles. The summed E-state index contributed by atoms with van der Waals surface area (Å²) < 4.78 is 1.96. The van der Waals surface area contributed by atoms with Gasteiger partial charge in [-0.2, -0.15) is 0 Å². The lowest BCUT2D eigenvalue weighted by Gasteiger charge is -2.17. The number of carbonyl (C=O) groups excluding carboxylic acids is 1. The van der Waals surface area contributed by atoms with Gasteiger partial charge in [0.15, 0.2) is 0 Å². The first-order valence-corrected chi connectivity index (χ1v) is 6.99. The number of rotatable bonds is 4. The molecule has 0 radical (unpaired) electrons. The lowest BCUT2D eigenvalue weighted by Crippen LogP contribution is -2.36. The van der Waals surface area contributed by atoms with E-state index in [1.165, 1.54) is 11.3 Å². The van der Waals surface area contributed by atoms with Gasteiger partial charge in [-0.3, -0.25) is 4.79 Å². The third-order valence-corrected chi connectivity index (χ3v) is 3.99. The van der Waals surface area contributed by atoms with E-state index in [0.717, 1.165) is 10.6 Å². The molecule has 1 amide bonds. The van der Waals surface area contributed by atoms with Gasteiger partial charge < -0.3 is 9.88 Å². The van der Waals surface area contributed by atoms with Gasteiger partial charge >= 0.3 is 0 Å². The Morgan fingerprint density at radius 1 is 1.28 bits per heavy atom. The van der Waals surface area contributed by atoms with E-state index in [4.69, 9.17) is 0 Å². The molecule has 2 heterocycles. The van der Waals surface area contributed by atoms with Gasteiger partial charge in [0.05, 0.1) is 5.69 Å². The Labute approximate surface area is 111 Å². The molecule has 0 saturated carbocycles. The Hall–Kier alpha value is -1.55. The van der Waals surface area contributed by atoms with Crippen LogP contribution in [0.25, 0.3) is 5.69 Å². The summed E-state index contributed by atoms with van der Waals surface area (Å²) >= 11 is 1.48. The van der Waals surface area contributed by atoms with Gasteiger partial charge in [0.25, 0.3) is 5.91 Å². The van der Waals surface area contributed by atoms with Crippen molar-refractivity contribution in [1.82, 2.24) is 9.88 Å². The average Bonchev–Trinajstić information content (AvgIpc) is 2.99. The van der Waals surface area contributed by atoms with Crippen molar-refractivity contribution >= 4 is 17.2 Å². The second kappa shape index (κ2) is 5.40. The number of thiophene rings is 1. The topological polar surface area (TPSA) is 34.0 Å². The number of aromatic nitrogens is 1. The van der Waals surface area contributed by atoms with E-state index in [9.17, 15) is 4.79 Å². The van der Waals surface area contributed by atoms with Gasteiger partial charge in [-0.25, -0.2) is 0 Å². The molecule has 0 fully saturated rings. The van der Waals surface area contributed by atoms with Crippen LogP contribution in [0.15, 0.2) is 36.0 Å². The summed E-state index contributed by atoms with van der Waals surface area (Å²) in [5.41, 5.74) is 0.943. The maximum absolute atomic E-state index is 12.2. The highest BCUT2D eigenvalue weighted by Crippen LogP contribution is 2.21. The van der Waals surface area contributed by atoms with Gasteiger partial charge in [0.1, 0.15) is 4.88 Å². The quantitative estimate of drug-likeness (QED) is 0.901. The molecule has 0 aliphatic rings. The highest BCUT2D eigenvalue weighted by Gasteiger charge is 2.17. The lowest BCUT2D eigenvalue weighted by molar-refractivity contribution is 0.0934. The van der Waals surface area contributed by atoms with Gasteiger partial charge in [-0.1, -0.05) is 13.8 Å². The number of nitrogens with one attached hydrogen (secondary N) is 1. The Bertz CT molecular complexity index is 514. The number of hydrogen-bond acceptors (Lipinski definition) is 2. The second-order valence-electron chi connectivity index (χ2n) is 4.73. The van der Waals surface area contributed by atoms with E-state index >= 15 is 0 Å². The molecule has 0 aliphatic heterocycles.